The first kappa shape index (κ1) is 10.8. The van der Waals surface area contributed by atoms with Gasteiger partial charge >= 0.3 is 0 Å². The van der Waals surface area contributed by atoms with Crippen molar-refractivity contribution in [1.82, 2.24) is 15.2 Å². The van der Waals surface area contributed by atoms with Gasteiger partial charge in [0.25, 0.3) is 0 Å². The molecule has 0 saturated carbocycles. The van der Waals surface area contributed by atoms with Crippen LogP contribution in [0.25, 0.3) is 0 Å². The topological polar surface area (TPSA) is 70.9 Å². The molecule has 1 rings (SSSR count). The Kier molecular flexibility index (Phi) is 3.35. The molecule has 0 amide bonds. The van der Waals surface area contributed by atoms with Gasteiger partial charge in [-0.15, -0.1) is 5.10 Å². The van der Waals surface area contributed by atoms with Gasteiger partial charge in [0.15, 0.2) is 0 Å². The molecule has 0 bridgehead atoms. The summed E-state index contributed by atoms with van der Waals surface area (Å²) in [5.41, 5.74) is 1.67. The van der Waals surface area contributed by atoms with Crippen LogP contribution >= 0.6 is 0 Å². The molecule has 14 heavy (non-hydrogen) atoms. The van der Waals surface area contributed by atoms with Crippen LogP contribution in [0, 0.1) is 13.8 Å². The number of nitrogens with one attached hydrogen (secondary N) is 1. The van der Waals surface area contributed by atoms with E-state index in [1.54, 1.807) is 6.92 Å². The second-order valence-electron chi connectivity index (χ2n) is 3.48. The van der Waals surface area contributed by atoms with Crippen molar-refractivity contribution in [2.24, 2.45) is 0 Å². The maximum atomic E-state index is 9.27. The highest BCUT2D eigenvalue weighted by Gasteiger charge is 2.10. The summed E-state index contributed by atoms with van der Waals surface area (Å²) in [6.07, 6.45) is -0.444. The Morgan fingerprint density at radius 2 is 1.79 bits per heavy atom. The van der Waals surface area contributed by atoms with E-state index in [2.05, 4.69) is 20.5 Å². The van der Waals surface area contributed by atoms with Crippen molar-refractivity contribution >= 4 is 5.95 Å². The second kappa shape index (κ2) is 4.32. The molecule has 2 unspecified atom stereocenters. The zero-order valence-electron chi connectivity index (χ0n) is 8.94. The van der Waals surface area contributed by atoms with Crippen molar-refractivity contribution in [3.63, 3.8) is 0 Å². The monoisotopic (exact) mass is 196 g/mol. The van der Waals surface area contributed by atoms with E-state index in [-0.39, 0.29) is 6.04 Å². The van der Waals surface area contributed by atoms with E-state index in [4.69, 9.17) is 0 Å². The van der Waals surface area contributed by atoms with Gasteiger partial charge in [0.1, 0.15) is 0 Å². The third-order valence-electron chi connectivity index (χ3n) is 2.17. The van der Waals surface area contributed by atoms with Crippen molar-refractivity contribution < 1.29 is 5.11 Å². The van der Waals surface area contributed by atoms with Crippen molar-refractivity contribution in [3.8, 4) is 0 Å². The molecule has 1 heterocycles. The molecule has 1 aromatic heterocycles. The highest BCUT2D eigenvalue weighted by molar-refractivity contribution is 5.26. The van der Waals surface area contributed by atoms with Crippen LogP contribution in [-0.2, 0) is 0 Å². The van der Waals surface area contributed by atoms with E-state index in [9.17, 15) is 5.11 Å². The molecule has 78 valence electrons. The van der Waals surface area contributed by atoms with Crippen molar-refractivity contribution in [2.45, 2.75) is 39.8 Å². The number of aryl methyl sites for hydroxylation is 2. The normalized spacial score (nSPS) is 14.9. The lowest BCUT2D eigenvalue weighted by Gasteiger charge is -2.16. The van der Waals surface area contributed by atoms with Gasteiger partial charge in [-0.05, 0) is 27.7 Å². The first-order valence-corrected chi connectivity index (χ1v) is 4.63. The first-order chi connectivity index (χ1) is 6.50. The maximum Gasteiger partial charge on any atom is 0.243 e. The minimum absolute atomic E-state index is 0.0843. The van der Waals surface area contributed by atoms with Crippen LogP contribution in [0.4, 0.5) is 5.95 Å². The van der Waals surface area contributed by atoms with E-state index < -0.39 is 6.10 Å². The lowest BCUT2D eigenvalue weighted by molar-refractivity contribution is 0.177. The van der Waals surface area contributed by atoms with Gasteiger partial charge in [-0.25, -0.2) is 4.98 Å². The summed E-state index contributed by atoms with van der Waals surface area (Å²) in [5.74, 6) is 0.460. The average Bonchev–Trinajstić information content (AvgIpc) is 2.11. The van der Waals surface area contributed by atoms with Crippen LogP contribution in [0.1, 0.15) is 25.2 Å². The summed E-state index contributed by atoms with van der Waals surface area (Å²) >= 11 is 0. The number of aliphatic hydroxyl groups excluding tert-OH is 1. The Morgan fingerprint density at radius 1 is 1.14 bits per heavy atom. The van der Waals surface area contributed by atoms with Gasteiger partial charge in [0.2, 0.25) is 5.95 Å². The molecular weight excluding hydrogens is 180 g/mol. The first-order valence-electron chi connectivity index (χ1n) is 4.63. The minimum Gasteiger partial charge on any atom is -0.391 e. The molecule has 5 nitrogen and oxygen atoms in total. The number of hydrogen-bond acceptors (Lipinski definition) is 5. The Morgan fingerprint density at radius 3 is 2.29 bits per heavy atom. The molecule has 0 fully saturated rings. The van der Waals surface area contributed by atoms with E-state index in [1.807, 2.05) is 20.8 Å². The van der Waals surface area contributed by atoms with E-state index in [0.29, 0.717) is 5.95 Å². The van der Waals surface area contributed by atoms with Crippen LogP contribution < -0.4 is 5.32 Å². The van der Waals surface area contributed by atoms with Crippen molar-refractivity contribution in [1.29, 1.82) is 0 Å². The summed E-state index contributed by atoms with van der Waals surface area (Å²) in [6, 6.07) is -0.0843. The predicted molar refractivity (Wildman–Crippen MR) is 54.1 cm³/mol. The molecule has 0 aliphatic heterocycles. The van der Waals surface area contributed by atoms with Crippen molar-refractivity contribution in [3.05, 3.63) is 11.4 Å². The maximum absolute atomic E-state index is 9.27. The molecule has 0 aliphatic rings. The minimum atomic E-state index is -0.444. The summed E-state index contributed by atoms with van der Waals surface area (Å²) < 4.78 is 0. The molecule has 0 radical (unpaired) electrons. The SMILES string of the molecule is Cc1nnc(NC(C)C(C)O)nc1C. The van der Waals surface area contributed by atoms with Gasteiger partial charge in [-0.1, -0.05) is 0 Å². The van der Waals surface area contributed by atoms with Gasteiger partial charge in [-0.3, -0.25) is 0 Å². The van der Waals surface area contributed by atoms with Crippen LogP contribution in [-0.4, -0.2) is 32.4 Å². The zero-order chi connectivity index (χ0) is 10.7. The quantitative estimate of drug-likeness (QED) is 0.743. The number of anilines is 1. The van der Waals surface area contributed by atoms with Crippen molar-refractivity contribution in [2.75, 3.05) is 5.32 Å². The molecule has 1 aromatic rings. The number of nitrogens with zero attached hydrogens (tertiary/aromatic N) is 3. The van der Waals surface area contributed by atoms with Crippen LogP contribution in [0.5, 0.6) is 0 Å². The molecule has 0 aliphatic carbocycles. The Bertz CT molecular complexity index is 314. The zero-order valence-corrected chi connectivity index (χ0v) is 8.94. The third-order valence-corrected chi connectivity index (χ3v) is 2.17. The van der Waals surface area contributed by atoms with Gasteiger partial charge in [-0.2, -0.15) is 5.10 Å². The standard InChI is InChI=1S/C9H16N4O/c1-5-6(2)12-13-9(10-5)11-7(3)8(4)14/h7-8,14H,1-4H3,(H,10,11,13). The summed E-state index contributed by atoms with van der Waals surface area (Å²) in [7, 11) is 0. The smallest absolute Gasteiger partial charge is 0.243 e. The third kappa shape index (κ3) is 2.63. The van der Waals surface area contributed by atoms with E-state index in [1.165, 1.54) is 0 Å². The molecular formula is C9H16N4O. The fourth-order valence-corrected chi connectivity index (χ4v) is 0.842. The lowest BCUT2D eigenvalue weighted by atomic mass is 10.2. The molecule has 2 atom stereocenters. The van der Waals surface area contributed by atoms with E-state index >= 15 is 0 Å². The van der Waals surface area contributed by atoms with Gasteiger partial charge < -0.3 is 10.4 Å². The predicted octanol–water partition coefficient (Wildman–Crippen LogP) is 0.670. The van der Waals surface area contributed by atoms with Gasteiger partial charge in [0, 0.05) is 0 Å². The van der Waals surface area contributed by atoms with Crippen LogP contribution in [0.2, 0.25) is 0 Å². The average molecular weight is 196 g/mol. The fourth-order valence-electron chi connectivity index (χ4n) is 0.842. The Hall–Kier alpha value is -1.23. The molecule has 2 N–H and O–H groups in total. The van der Waals surface area contributed by atoms with Gasteiger partial charge in [0.05, 0.1) is 23.5 Å². The lowest BCUT2D eigenvalue weighted by Crippen LogP contribution is -2.29. The molecule has 0 saturated heterocycles. The van der Waals surface area contributed by atoms with Crippen LogP contribution in [0.3, 0.4) is 0 Å². The second-order valence-corrected chi connectivity index (χ2v) is 3.48. The number of hydrogen-bond donors (Lipinski definition) is 2. The molecule has 5 heteroatoms. The summed E-state index contributed by atoms with van der Waals surface area (Å²) in [5, 5.41) is 20.1. The number of aliphatic hydroxyl groups is 1. The Balaban J connectivity index is 2.73. The Labute approximate surface area is 83.6 Å². The molecule has 0 spiro atoms. The summed E-state index contributed by atoms with van der Waals surface area (Å²) in [6.45, 7) is 7.31. The fraction of sp³-hybridized carbons (Fsp3) is 0.667. The molecule has 0 aromatic carbocycles. The van der Waals surface area contributed by atoms with E-state index in [0.717, 1.165) is 11.4 Å². The highest BCUT2D eigenvalue weighted by atomic mass is 16.3. The highest BCUT2D eigenvalue weighted by Crippen LogP contribution is 2.04. The summed E-state index contributed by atoms with van der Waals surface area (Å²) in [4.78, 5) is 4.20. The number of rotatable bonds is 3. The van der Waals surface area contributed by atoms with Crippen LogP contribution in [0.15, 0.2) is 0 Å². The largest absolute Gasteiger partial charge is 0.391 e. The number of aromatic nitrogens is 3.